The van der Waals surface area contributed by atoms with E-state index in [4.69, 9.17) is 9.47 Å². The fourth-order valence-corrected chi connectivity index (χ4v) is 4.00. The molecule has 0 bridgehead atoms. The van der Waals surface area contributed by atoms with Gasteiger partial charge < -0.3 is 14.8 Å². The van der Waals surface area contributed by atoms with E-state index in [1.165, 1.54) is 4.57 Å². The van der Waals surface area contributed by atoms with Crippen LogP contribution in [0.5, 0.6) is 11.5 Å². The summed E-state index contributed by atoms with van der Waals surface area (Å²) in [4.78, 5) is 30.8. The molecule has 37 heavy (non-hydrogen) atoms. The molecule has 0 fully saturated rings. The van der Waals surface area contributed by atoms with Gasteiger partial charge in [-0.25, -0.2) is 14.2 Å². The summed E-state index contributed by atoms with van der Waals surface area (Å²) < 4.78 is 13.7. The molecule has 1 heterocycles. The van der Waals surface area contributed by atoms with E-state index in [-0.39, 0.29) is 12.5 Å². The van der Waals surface area contributed by atoms with Crippen molar-refractivity contribution in [3.05, 3.63) is 129 Å². The summed E-state index contributed by atoms with van der Waals surface area (Å²) in [5.74, 6) is 2.47. The lowest BCUT2D eigenvalue weighted by Crippen LogP contribution is -2.41. The highest BCUT2D eigenvalue weighted by molar-refractivity contribution is 5.55. The van der Waals surface area contributed by atoms with Crippen LogP contribution in [0.1, 0.15) is 18.4 Å². The second kappa shape index (κ2) is 10.8. The minimum absolute atomic E-state index is 0.145. The van der Waals surface area contributed by atoms with Crippen molar-refractivity contribution in [3.8, 4) is 17.2 Å². The first-order valence-electron chi connectivity index (χ1n) is 11.9. The van der Waals surface area contributed by atoms with Gasteiger partial charge >= 0.3 is 11.4 Å². The molecule has 0 saturated carbocycles. The highest BCUT2D eigenvalue weighted by atomic mass is 16.5. The van der Waals surface area contributed by atoms with Crippen molar-refractivity contribution in [2.45, 2.75) is 19.4 Å². The summed E-state index contributed by atoms with van der Waals surface area (Å²) in [5.41, 5.74) is 0.804. The van der Waals surface area contributed by atoms with E-state index in [1.807, 2.05) is 66.7 Å². The fraction of sp³-hybridized carbons (Fsp3) is 0.138. The molecule has 0 radical (unpaired) electrons. The van der Waals surface area contributed by atoms with Crippen LogP contribution in [-0.2, 0) is 6.54 Å². The van der Waals surface area contributed by atoms with E-state index < -0.39 is 11.4 Å². The van der Waals surface area contributed by atoms with Gasteiger partial charge in [-0.1, -0.05) is 42.5 Å². The molecule has 1 aliphatic carbocycles. The summed E-state index contributed by atoms with van der Waals surface area (Å²) in [6, 6.07) is 23.5. The predicted molar refractivity (Wildman–Crippen MR) is 143 cm³/mol. The molecule has 8 nitrogen and oxygen atoms in total. The second-order valence-corrected chi connectivity index (χ2v) is 8.46. The number of allylic oxidation sites excluding steroid dienone is 4. The Bertz CT molecular complexity index is 1550. The molecule has 1 aliphatic rings. The minimum atomic E-state index is -0.665. The van der Waals surface area contributed by atoms with Gasteiger partial charge in [0, 0.05) is 12.1 Å². The summed E-state index contributed by atoms with van der Waals surface area (Å²) in [6.07, 6.45) is 7.86. The summed E-state index contributed by atoms with van der Waals surface area (Å²) in [5, 5.41) is 3.14. The first kappa shape index (κ1) is 23.9. The van der Waals surface area contributed by atoms with Crippen molar-refractivity contribution in [2.75, 3.05) is 12.4 Å². The van der Waals surface area contributed by atoms with Crippen molar-refractivity contribution >= 4 is 11.6 Å². The Kier molecular flexibility index (Phi) is 6.98. The largest absolute Gasteiger partial charge is 0.497 e. The zero-order valence-corrected chi connectivity index (χ0v) is 20.3. The number of anilines is 2. The summed E-state index contributed by atoms with van der Waals surface area (Å²) in [7, 11) is 1.60. The Balaban J connectivity index is 1.49. The number of nitrogens with zero attached hydrogens (tertiary/aromatic N) is 3. The Morgan fingerprint density at radius 2 is 1.65 bits per heavy atom. The van der Waals surface area contributed by atoms with E-state index in [9.17, 15) is 9.59 Å². The SMILES string of the molecule is COc1ccc(Cn2c(Nc3ccc(OC4=CC=CCC4)cc3)nc(=O)n(-c3ccccc3)c2=O)cc1. The topological polar surface area (TPSA) is 87.4 Å². The third-order valence-electron chi connectivity index (χ3n) is 5.92. The zero-order chi connectivity index (χ0) is 25.6. The lowest BCUT2D eigenvalue weighted by Gasteiger charge is -2.16. The lowest BCUT2D eigenvalue weighted by atomic mass is 10.2. The van der Waals surface area contributed by atoms with Crippen LogP contribution in [0.4, 0.5) is 11.6 Å². The highest BCUT2D eigenvalue weighted by Crippen LogP contribution is 2.23. The second-order valence-electron chi connectivity index (χ2n) is 8.46. The Labute approximate surface area is 213 Å². The van der Waals surface area contributed by atoms with Crippen LogP contribution in [0.25, 0.3) is 5.69 Å². The van der Waals surface area contributed by atoms with E-state index in [0.717, 1.165) is 28.7 Å². The number of hydrogen-bond donors (Lipinski definition) is 1. The van der Waals surface area contributed by atoms with Crippen LogP contribution in [0.2, 0.25) is 0 Å². The molecular weight excluding hydrogens is 468 g/mol. The third kappa shape index (κ3) is 5.54. The molecule has 3 aromatic carbocycles. The van der Waals surface area contributed by atoms with Crippen molar-refractivity contribution in [1.82, 2.24) is 14.1 Å². The van der Waals surface area contributed by atoms with Crippen molar-refractivity contribution in [2.24, 2.45) is 0 Å². The third-order valence-corrected chi connectivity index (χ3v) is 5.92. The van der Waals surface area contributed by atoms with Gasteiger partial charge in [0.1, 0.15) is 17.3 Å². The molecule has 0 amide bonds. The van der Waals surface area contributed by atoms with Gasteiger partial charge in [0.15, 0.2) is 0 Å². The van der Waals surface area contributed by atoms with Crippen LogP contribution in [0, 0.1) is 0 Å². The summed E-state index contributed by atoms with van der Waals surface area (Å²) in [6.45, 7) is 0.203. The first-order valence-corrected chi connectivity index (χ1v) is 11.9. The standard InChI is InChI=1S/C29H26N4O4/c1-36-24-16-12-21(13-17-24)20-32-27(31-28(34)33(29(32)35)23-8-4-2-5-9-23)30-22-14-18-26(19-15-22)37-25-10-6-3-7-11-25/h2-6,8-10,12-19H,7,11,20H2,1H3,(H,30,31,34). The van der Waals surface area contributed by atoms with Crippen LogP contribution in [0.3, 0.4) is 0 Å². The highest BCUT2D eigenvalue weighted by Gasteiger charge is 2.16. The Morgan fingerprint density at radius 3 is 2.32 bits per heavy atom. The maximum absolute atomic E-state index is 13.6. The molecule has 0 spiro atoms. The molecule has 0 unspecified atom stereocenters. The van der Waals surface area contributed by atoms with Gasteiger partial charge in [-0.15, -0.1) is 0 Å². The van der Waals surface area contributed by atoms with Gasteiger partial charge in [0.05, 0.1) is 19.3 Å². The molecule has 1 aromatic heterocycles. The average Bonchev–Trinajstić information content (AvgIpc) is 2.93. The van der Waals surface area contributed by atoms with Gasteiger partial charge in [0.25, 0.3) is 0 Å². The number of nitrogens with one attached hydrogen (secondary N) is 1. The van der Waals surface area contributed by atoms with Gasteiger partial charge in [-0.3, -0.25) is 4.57 Å². The van der Waals surface area contributed by atoms with Crippen LogP contribution >= 0.6 is 0 Å². The number of rotatable bonds is 8. The Hall–Kier alpha value is -4.85. The monoisotopic (exact) mass is 494 g/mol. The molecular formula is C29H26N4O4. The summed E-state index contributed by atoms with van der Waals surface area (Å²) >= 11 is 0. The average molecular weight is 495 g/mol. The number of aromatic nitrogens is 3. The molecule has 5 rings (SSSR count). The number of methoxy groups -OCH3 is 1. The first-order chi connectivity index (χ1) is 18.1. The number of hydrogen-bond acceptors (Lipinski definition) is 6. The van der Waals surface area contributed by atoms with Crippen molar-refractivity contribution in [3.63, 3.8) is 0 Å². The normalized spacial score (nSPS) is 12.6. The maximum Gasteiger partial charge on any atom is 0.359 e. The Morgan fingerprint density at radius 1 is 0.919 bits per heavy atom. The van der Waals surface area contributed by atoms with Gasteiger partial charge in [0.2, 0.25) is 5.95 Å². The molecule has 1 N–H and O–H groups in total. The van der Waals surface area contributed by atoms with Gasteiger partial charge in [-0.05, 0) is 66.6 Å². The number of para-hydroxylation sites is 1. The zero-order valence-electron chi connectivity index (χ0n) is 20.3. The predicted octanol–water partition coefficient (Wildman–Crippen LogP) is 4.81. The molecule has 186 valence electrons. The number of benzene rings is 3. The molecule has 0 saturated heterocycles. The van der Waals surface area contributed by atoms with E-state index in [1.54, 1.807) is 31.4 Å². The van der Waals surface area contributed by atoms with Crippen LogP contribution < -0.4 is 26.2 Å². The minimum Gasteiger partial charge on any atom is -0.497 e. The fourth-order valence-electron chi connectivity index (χ4n) is 4.00. The van der Waals surface area contributed by atoms with Crippen molar-refractivity contribution < 1.29 is 9.47 Å². The molecule has 4 aromatic rings. The van der Waals surface area contributed by atoms with E-state index in [0.29, 0.717) is 22.9 Å². The van der Waals surface area contributed by atoms with E-state index >= 15 is 0 Å². The van der Waals surface area contributed by atoms with E-state index in [2.05, 4.69) is 16.4 Å². The van der Waals surface area contributed by atoms with Crippen LogP contribution in [0.15, 0.2) is 112 Å². The number of ether oxygens (including phenoxy) is 2. The lowest BCUT2D eigenvalue weighted by molar-refractivity contribution is 0.403. The molecule has 0 aliphatic heterocycles. The maximum atomic E-state index is 13.6. The van der Waals surface area contributed by atoms with Crippen molar-refractivity contribution in [1.29, 1.82) is 0 Å². The van der Waals surface area contributed by atoms with Gasteiger partial charge in [-0.2, -0.15) is 4.98 Å². The smallest absolute Gasteiger partial charge is 0.359 e. The molecule has 8 heteroatoms. The molecule has 0 atom stereocenters. The quantitative estimate of drug-likeness (QED) is 0.378. The van der Waals surface area contributed by atoms with Crippen LogP contribution in [-0.4, -0.2) is 21.2 Å².